The lowest BCUT2D eigenvalue weighted by molar-refractivity contribution is 0.272. The second-order valence-electron chi connectivity index (χ2n) is 4.98. The molecule has 1 rings (SSSR count). The lowest BCUT2D eigenvalue weighted by Crippen LogP contribution is -2.26. The second-order valence-corrected chi connectivity index (χ2v) is 4.98. The molecular weight excluding hydrogens is 252 g/mol. The van der Waals surface area contributed by atoms with Gasteiger partial charge in [0.25, 0.3) is 0 Å². The van der Waals surface area contributed by atoms with Crippen molar-refractivity contribution in [3.8, 4) is 11.5 Å². The van der Waals surface area contributed by atoms with E-state index in [0.717, 1.165) is 37.3 Å². The van der Waals surface area contributed by atoms with Crippen molar-refractivity contribution in [2.24, 2.45) is 0 Å². The molecule has 0 saturated carbocycles. The molecule has 4 nitrogen and oxygen atoms in total. The minimum Gasteiger partial charge on any atom is -0.508 e. The maximum absolute atomic E-state index is 10.2. The molecule has 4 heteroatoms. The summed E-state index contributed by atoms with van der Waals surface area (Å²) in [5.41, 5.74) is 1.70. The first-order valence-electron chi connectivity index (χ1n) is 7.54. The van der Waals surface area contributed by atoms with Crippen molar-refractivity contribution in [2.45, 2.75) is 40.8 Å². The molecule has 0 unspecified atom stereocenters. The molecule has 0 aromatic heterocycles. The van der Waals surface area contributed by atoms with Gasteiger partial charge in [0, 0.05) is 24.2 Å². The fourth-order valence-electron chi connectivity index (χ4n) is 2.36. The van der Waals surface area contributed by atoms with Crippen LogP contribution in [0.2, 0.25) is 0 Å². The van der Waals surface area contributed by atoms with Crippen molar-refractivity contribution in [3.05, 3.63) is 23.3 Å². The summed E-state index contributed by atoms with van der Waals surface area (Å²) in [4.78, 5) is 4.47. The standard InChI is InChI=1S/C16H28N2O2/c1-5-17(6-2)11-13-14(12-18(7-3)8-4)16(20)10-9-15(13)19/h9-10,19-20H,5-8,11-12H2,1-4H3. The maximum Gasteiger partial charge on any atom is 0.120 e. The molecule has 0 bridgehead atoms. The van der Waals surface area contributed by atoms with Gasteiger partial charge in [0.2, 0.25) is 0 Å². The van der Waals surface area contributed by atoms with Crippen LogP contribution in [0, 0.1) is 0 Å². The molecule has 0 heterocycles. The first kappa shape index (κ1) is 16.8. The van der Waals surface area contributed by atoms with Gasteiger partial charge in [-0.05, 0) is 38.3 Å². The van der Waals surface area contributed by atoms with Crippen molar-refractivity contribution in [3.63, 3.8) is 0 Å². The largest absolute Gasteiger partial charge is 0.508 e. The van der Waals surface area contributed by atoms with Crippen LogP contribution in [0.4, 0.5) is 0 Å². The molecule has 0 spiro atoms. The Kier molecular flexibility index (Phi) is 6.82. The molecule has 1 aromatic rings. The summed E-state index contributed by atoms with van der Waals surface area (Å²) < 4.78 is 0. The van der Waals surface area contributed by atoms with Crippen LogP contribution in [-0.2, 0) is 13.1 Å². The van der Waals surface area contributed by atoms with Gasteiger partial charge in [-0.2, -0.15) is 0 Å². The number of hydrogen-bond donors (Lipinski definition) is 2. The molecule has 1 aromatic carbocycles. The quantitative estimate of drug-likeness (QED) is 0.719. The highest BCUT2D eigenvalue weighted by molar-refractivity contribution is 5.47. The molecule has 0 atom stereocenters. The minimum atomic E-state index is 0.275. The van der Waals surface area contributed by atoms with Crippen molar-refractivity contribution in [1.29, 1.82) is 0 Å². The van der Waals surface area contributed by atoms with Gasteiger partial charge < -0.3 is 10.2 Å². The highest BCUT2D eigenvalue weighted by Crippen LogP contribution is 2.31. The van der Waals surface area contributed by atoms with Crippen molar-refractivity contribution in [1.82, 2.24) is 9.80 Å². The fraction of sp³-hybridized carbons (Fsp3) is 0.625. The third-order valence-electron chi connectivity index (χ3n) is 3.93. The van der Waals surface area contributed by atoms with Crippen LogP contribution in [0.5, 0.6) is 11.5 Å². The lowest BCUT2D eigenvalue weighted by atomic mass is 10.0. The summed E-state index contributed by atoms with van der Waals surface area (Å²) in [6.07, 6.45) is 0. The summed E-state index contributed by atoms with van der Waals surface area (Å²) in [7, 11) is 0. The molecule has 0 amide bonds. The molecule has 0 aliphatic rings. The molecular formula is C16H28N2O2. The average molecular weight is 280 g/mol. The third-order valence-corrected chi connectivity index (χ3v) is 3.93. The van der Waals surface area contributed by atoms with Crippen molar-refractivity contribution >= 4 is 0 Å². The summed E-state index contributed by atoms with van der Waals surface area (Å²) >= 11 is 0. The van der Waals surface area contributed by atoms with E-state index in [9.17, 15) is 10.2 Å². The number of nitrogens with zero attached hydrogens (tertiary/aromatic N) is 2. The number of benzene rings is 1. The van der Waals surface area contributed by atoms with Gasteiger partial charge in [-0.1, -0.05) is 27.7 Å². The molecule has 20 heavy (non-hydrogen) atoms. The Bertz CT molecular complexity index is 374. The minimum absolute atomic E-state index is 0.275. The molecule has 0 aliphatic heterocycles. The van der Waals surface area contributed by atoms with Crippen LogP contribution in [0.15, 0.2) is 12.1 Å². The van der Waals surface area contributed by atoms with E-state index in [4.69, 9.17) is 0 Å². The first-order valence-corrected chi connectivity index (χ1v) is 7.54. The van der Waals surface area contributed by atoms with Crippen molar-refractivity contribution < 1.29 is 10.2 Å². The Morgan fingerprint density at radius 1 is 0.700 bits per heavy atom. The maximum atomic E-state index is 10.2. The van der Waals surface area contributed by atoms with E-state index in [1.165, 1.54) is 0 Å². The Morgan fingerprint density at radius 3 is 1.25 bits per heavy atom. The summed E-state index contributed by atoms with van der Waals surface area (Å²) in [5, 5.41) is 20.3. The van der Waals surface area contributed by atoms with E-state index < -0.39 is 0 Å². The predicted molar refractivity (Wildman–Crippen MR) is 83.0 cm³/mol. The van der Waals surface area contributed by atoms with E-state index in [2.05, 4.69) is 37.5 Å². The number of hydrogen-bond acceptors (Lipinski definition) is 4. The van der Waals surface area contributed by atoms with E-state index in [-0.39, 0.29) is 11.5 Å². The van der Waals surface area contributed by atoms with Gasteiger partial charge in [0.15, 0.2) is 0 Å². The summed E-state index contributed by atoms with van der Waals surface area (Å²) in [6.45, 7) is 13.5. The molecule has 0 fully saturated rings. The SMILES string of the molecule is CCN(CC)Cc1c(O)ccc(O)c1CN(CC)CC. The van der Waals surface area contributed by atoms with Gasteiger partial charge in [-0.3, -0.25) is 9.80 Å². The molecule has 114 valence electrons. The Hall–Kier alpha value is -1.26. The average Bonchev–Trinajstić information content (AvgIpc) is 2.47. The topological polar surface area (TPSA) is 46.9 Å². The van der Waals surface area contributed by atoms with E-state index >= 15 is 0 Å². The number of aromatic hydroxyl groups is 2. The van der Waals surface area contributed by atoms with Gasteiger partial charge in [0.1, 0.15) is 11.5 Å². The molecule has 2 N–H and O–H groups in total. The fourth-order valence-corrected chi connectivity index (χ4v) is 2.36. The third kappa shape index (κ3) is 4.12. The molecule has 0 radical (unpaired) electrons. The first-order chi connectivity index (χ1) is 9.57. The lowest BCUT2D eigenvalue weighted by Gasteiger charge is -2.24. The van der Waals surface area contributed by atoms with Crippen LogP contribution in [0.25, 0.3) is 0 Å². The second kappa shape index (κ2) is 8.12. The number of phenols is 2. The predicted octanol–water partition coefficient (Wildman–Crippen LogP) is 2.78. The van der Waals surface area contributed by atoms with Gasteiger partial charge >= 0.3 is 0 Å². The Balaban J connectivity index is 3.10. The van der Waals surface area contributed by atoms with Gasteiger partial charge in [-0.15, -0.1) is 0 Å². The number of phenolic OH excluding ortho intramolecular Hbond substituents is 2. The zero-order chi connectivity index (χ0) is 15.1. The van der Waals surface area contributed by atoms with Crippen LogP contribution in [0.3, 0.4) is 0 Å². The molecule has 0 saturated heterocycles. The zero-order valence-corrected chi connectivity index (χ0v) is 13.2. The monoisotopic (exact) mass is 280 g/mol. The smallest absolute Gasteiger partial charge is 0.120 e. The summed E-state index contributed by atoms with van der Waals surface area (Å²) in [6, 6.07) is 3.17. The van der Waals surface area contributed by atoms with E-state index in [1.54, 1.807) is 12.1 Å². The van der Waals surface area contributed by atoms with E-state index in [0.29, 0.717) is 13.1 Å². The number of rotatable bonds is 8. The van der Waals surface area contributed by atoms with E-state index in [1.807, 2.05) is 0 Å². The normalized spacial score (nSPS) is 11.5. The Morgan fingerprint density at radius 2 is 1.00 bits per heavy atom. The van der Waals surface area contributed by atoms with Crippen LogP contribution < -0.4 is 0 Å². The zero-order valence-electron chi connectivity index (χ0n) is 13.2. The summed E-state index contributed by atoms with van der Waals surface area (Å²) in [5.74, 6) is 0.550. The van der Waals surface area contributed by atoms with Crippen molar-refractivity contribution in [2.75, 3.05) is 26.2 Å². The molecule has 0 aliphatic carbocycles. The van der Waals surface area contributed by atoms with Crippen LogP contribution >= 0.6 is 0 Å². The van der Waals surface area contributed by atoms with Crippen LogP contribution in [0.1, 0.15) is 38.8 Å². The van der Waals surface area contributed by atoms with Gasteiger partial charge in [0.05, 0.1) is 0 Å². The Labute approximate surface area is 122 Å². The van der Waals surface area contributed by atoms with Gasteiger partial charge in [-0.25, -0.2) is 0 Å². The highest BCUT2D eigenvalue weighted by Gasteiger charge is 2.16. The van der Waals surface area contributed by atoms with Crippen LogP contribution in [-0.4, -0.2) is 46.2 Å². The highest BCUT2D eigenvalue weighted by atomic mass is 16.3.